The van der Waals surface area contributed by atoms with Gasteiger partial charge in [-0.2, -0.15) is 0 Å². The molecule has 1 saturated heterocycles. The number of rotatable bonds is 4. The zero-order valence-corrected chi connectivity index (χ0v) is 14.4. The summed E-state index contributed by atoms with van der Waals surface area (Å²) in [6.07, 6.45) is 1.80. The zero-order chi connectivity index (χ0) is 17.0. The van der Waals surface area contributed by atoms with E-state index in [1.54, 1.807) is 0 Å². The molecule has 3 nitrogen and oxygen atoms in total. The quantitative estimate of drug-likeness (QED) is 0.793. The van der Waals surface area contributed by atoms with Gasteiger partial charge in [-0.3, -0.25) is 0 Å². The number of ether oxygens (including phenoxy) is 1. The largest absolute Gasteiger partial charge is 0.450 e. The molecule has 24 heavy (non-hydrogen) atoms. The molecule has 3 heteroatoms. The summed E-state index contributed by atoms with van der Waals surface area (Å²) in [5, 5.41) is 0. The summed E-state index contributed by atoms with van der Waals surface area (Å²) in [5.41, 5.74) is 1.17. The minimum absolute atomic E-state index is 0.234. The van der Waals surface area contributed by atoms with E-state index in [0.29, 0.717) is 5.56 Å². The van der Waals surface area contributed by atoms with Gasteiger partial charge in [0, 0.05) is 25.4 Å². The third-order valence-electron chi connectivity index (χ3n) is 5.10. The highest BCUT2D eigenvalue weighted by atomic mass is 16.6. The lowest BCUT2D eigenvalue weighted by Crippen LogP contribution is -2.51. The number of benzene rings is 2. The molecular weight excluding hydrogens is 298 g/mol. The fourth-order valence-electron chi connectivity index (χ4n) is 3.73. The molecule has 2 aromatic rings. The van der Waals surface area contributed by atoms with Crippen LogP contribution in [0.2, 0.25) is 0 Å². The van der Waals surface area contributed by atoms with Crippen molar-refractivity contribution in [2.75, 3.05) is 20.1 Å². The molecular formula is C21H25NO2. The van der Waals surface area contributed by atoms with Crippen LogP contribution in [0.15, 0.2) is 60.7 Å². The highest BCUT2D eigenvalue weighted by Gasteiger charge is 2.46. The second kappa shape index (κ2) is 7.18. The van der Waals surface area contributed by atoms with Gasteiger partial charge in [0.2, 0.25) is 0 Å². The molecule has 0 saturated carbocycles. The molecule has 2 unspecified atom stereocenters. The van der Waals surface area contributed by atoms with Gasteiger partial charge in [0.1, 0.15) is 5.60 Å². The topological polar surface area (TPSA) is 29.5 Å². The zero-order valence-electron chi connectivity index (χ0n) is 14.4. The van der Waals surface area contributed by atoms with E-state index in [1.807, 2.05) is 48.5 Å². The van der Waals surface area contributed by atoms with E-state index in [0.717, 1.165) is 31.5 Å². The Balaban J connectivity index is 1.98. The van der Waals surface area contributed by atoms with E-state index in [9.17, 15) is 4.79 Å². The Bertz CT molecular complexity index is 671. The number of carbonyl (C=O) groups is 1. The normalized spacial score (nSPS) is 24.5. The number of carbonyl (C=O) groups excluding carboxylic acids is 1. The maximum absolute atomic E-state index is 12.8. The van der Waals surface area contributed by atoms with Crippen LogP contribution in [0.3, 0.4) is 0 Å². The summed E-state index contributed by atoms with van der Waals surface area (Å²) < 4.78 is 6.24. The van der Waals surface area contributed by atoms with Crippen molar-refractivity contribution in [1.29, 1.82) is 0 Å². The Morgan fingerprint density at radius 1 is 1.12 bits per heavy atom. The standard InChI is InChI=1S/C21H25NO2/c1-3-18-16-22(2)15-14-21(18,19-12-8-5-9-13-19)24-20(23)17-10-6-4-7-11-17/h4-13,18H,3,14-16H2,1-2H3. The van der Waals surface area contributed by atoms with Gasteiger partial charge in [0.15, 0.2) is 0 Å². The highest BCUT2D eigenvalue weighted by molar-refractivity contribution is 5.89. The summed E-state index contributed by atoms with van der Waals surface area (Å²) in [6, 6.07) is 19.5. The van der Waals surface area contributed by atoms with Gasteiger partial charge in [0.05, 0.1) is 5.56 Å². The summed E-state index contributed by atoms with van der Waals surface area (Å²) >= 11 is 0. The molecule has 0 aliphatic carbocycles. The smallest absolute Gasteiger partial charge is 0.339 e. The summed E-state index contributed by atoms with van der Waals surface area (Å²) in [6.45, 7) is 4.04. The average Bonchev–Trinajstić information content (AvgIpc) is 2.64. The third kappa shape index (κ3) is 3.22. The van der Waals surface area contributed by atoms with Crippen molar-refractivity contribution >= 4 is 5.97 Å². The lowest BCUT2D eigenvalue weighted by molar-refractivity contribution is -0.0915. The molecule has 1 fully saturated rings. The molecule has 0 amide bonds. The van der Waals surface area contributed by atoms with Crippen LogP contribution in [-0.2, 0) is 10.3 Å². The molecule has 0 aromatic heterocycles. The van der Waals surface area contributed by atoms with Crippen LogP contribution in [-0.4, -0.2) is 31.0 Å². The SMILES string of the molecule is CCC1CN(C)CCC1(OC(=O)c1ccccc1)c1ccccc1. The van der Waals surface area contributed by atoms with Gasteiger partial charge in [-0.25, -0.2) is 4.79 Å². The minimum atomic E-state index is -0.546. The predicted molar refractivity (Wildman–Crippen MR) is 95.9 cm³/mol. The second-order valence-electron chi connectivity index (χ2n) is 6.63. The molecule has 126 valence electrons. The monoisotopic (exact) mass is 323 g/mol. The minimum Gasteiger partial charge on any atom is -0.450 e. The number of hydrogen-bond donors (Lipinski definition) is 0. The van der Waals surface area contributed by atoms with Crippen LogP contribution in [0.4, 0.5) is 0 Å². The van der Waals surface area contributed by atoms with Crippen LogP contribution < -0.4 is 0 Å². The first-order valence-electron chi connectivity index (χ1n) is 8.68. The van der Waals surface area contributed by atoms with Gasteiger partial charge in [0.25, 0.3) is 0 Å². The molecule has 2 atom stereocenters. The number of esters is 1. The molecule has 1 heterocycles. The molecule has 2 aromatic carbocycles. The van der Waals surface area contributed by atoms with E-state index in [1.165, 1.54) is 0 Å². The van der Waals surface area contributed by atoms with Crippen LogP contribution >= 0.6 is 0 Å². The number of likely N-dealkylation sites (tertiary alicyclic amines) is 1. The van der Waals surface area contributed by atoms with Crippen molar-refractivity contribution in [2.24, 2.45) is 5.92 Å². The molecule has 1 aliphatic rings. The van der Waals surface area contributed by atoms with Crippen LogP contribution in [0, 0.1) is 5.92 Å². The molecule has 0 radical (unpaired) electrons. The maximum atomic E-state index is 12.8. The van der Waals surface area contributed by atoms with E-state index < -0.39 is 5.60 Å². The average molecular weight is 323 g/mol. The Morgan fingerprint density at radius 2 is 1.75 bits per heavy atom. The first kappa shape index (κ1) is 16.7. The number of nitrogens with zero attached hydrogens (tertiary/aromatic N) is 1. The summed E-state index contributed by atoms with van der Waals surface area (Å²) in [7, 11) is 2.14. The van der Waals surface area contributed by atoms with E-state index in [4.69, 9.17) is 4.74 Å². The van der Waals surface area contributed by atoms with Crippen molar-refractivity contribution < 1.29 is 9.53 Å². The Morgan fingerprint density at radius 3 is 2.38 bits per heavy atom. The van der Waals surface area contributed by atoms with Gasteiger partial charge < -0.3 is 9.64 Å². The van der Waals surface area contributed by atoms with Crippen molar-refractivity contribution in [1.82, 2.24) is 4.90 Å². The molecule has 0 bridgehead atoms. The maximum Gasteiger partial charge on any atom is 0.339 e. The second-order valence-corrected chi connectivity index (χ2v) is 6.63. The van der Waals surface area contributed by atoms with Crippen molar-refractivity contribution in [3.63, 3.8) is 0 Å². The fraction of sp³-hybridized carbons (Fsp3) is 0.381. The Hall–Kier alpha value is -2.13. The van der Waals surface area contributed by atoms with Crippen LogP contribution in [0.25, 0.3) is 0 Å². The third-order valence-corrected chi connectivity index (χ3v) is 5.10. The molecule has 1 aliphatic heterocycles. The van der Waals surface area contributed by atoms with E-state index in [2.05, 4.69) is 31.0 Å². The van der Waals surface area contributed by atoms with Crippen molar-refractivity contribution in [3.05, 3.63) is 71.8 Å². The van der Waals surface area contributed by atoms with Crippen molar-refractivity contribution in [3.8, 4) is 0 Å². The van der Waals surface area contributed by atoms with Crippen molar-refractivity contribution in [2.45, 2.75) is 25.4 Å². The highest BCUT2D eigenvalue weighted by Crippen LogP contribution is 2.42. The molecule has 0 spiro atoms. The first-order valence-corrected chi connectivity index (χ1v) is 8.68. The van der Waals surface area contributed by atoms with Gasteiger partial charge >= 0.3 is 5.97 Å². The lowest BCUT2D eigenvalue weighted by Gasteiger charge is -2.46. The van der Waals surface area contributed by atoms with Gasteiger partial charge in [-0.1, -0.05) is 55.5 Å². The lowest BCUT2D eigenvalue weighted by atomic mass is 9.74. The molecule has 3 rings (SSSR count). The Labute approximate surface area is 144 Å². The first-order chi connectivity index (χ1) is 11.7. The van der Waals surface area contributed by atoms with E-state index >= 15 is 0 Å². The fourth-order valence-corrected chi connectivity index (χ4v) is 3.73. The van der Waals surface area contributed by atoms with Gasteiger partial charge in [-0.05, 0) is 31.2 Å². The van der Waals surface area contributed by atoms with Crippen LogP contribution in [0.1, 0.15) is 35.7 Å². The summed E-state index contributed by atoms with van der Waals surface area (Å²) in [5.74, 6) is 0.0498. The van der Waals surface area contributed by atoms with E-state index in [-0.39, 0.29) is 11.9 Å². The summed E-state index contributed by atoms with van der Waals surface area (Å²) in [4.78, 5) is 15.1. The molecule has 0 N–H and O–H groups in total. The number of hydrogen-bond acceptors (Lipinski definition) is 3. The van der Waals surface area contributed by atoms with Crippen LogP contribution in [0.5, 0.6) is 0 Å². The Kier molecular flexibility index (Phi) is 5.00. The van der Waals surface area contributed by atoms with Gasteiger partial charge in [-0.15, -0.1) is 0 Å². The predicted octanol–water partition coefficient (Wildman–Crippen LogP) is 4.10. The number of piperidine rings is 1.